The van der Waals surface area contributed by atoms with Crippen LogP contribution in [0.3, 0.4) is 0 Å². The predicted octanol–water partition coefficient (Wildman–Crippen LogP) is 6.45. The van der Waals surface area contributed by atoms with Gasteiger partial charge in [0.1, 0.15) is 16.2 Å². The largest absolute Gasteiger partial charge is 0.422 e. The van der Waals surface area contributed by atoms with E-state index >= 15 is 0 Å². The highest BCUT2D eigenvalue weighted by Gasteiger charge is 2.24. The maximum atomic E-state index is 13.4. The SMILES string of the molecule is O=c1oc2ccccc2cc1-c1nn(-c2ccccc2)cc1C=NNc1ccc([N+](=O)[O-])cc1S(=O)(=O)Nc1ccccc1Cl. The van der Waals surface area contributed by atoms with Crippen LogP contribution in [0.25, 0.3) is 27.9 Å². The molecule has 12 nitrogen and oxygen atoms in total. The number of benzene rings is 4. The lowest BCUT2D eigenvalue weighted by atomic mass is 10.1. The molecule has 0 amide bonds. The van der Waals surface area contributed by atoms with E-state index in [1.807, 2.05) is 36.4 Å². The molecule has 0 aliphatic heterocycles. The summed E-state index contributed by atoms with van der Waals surface area (Å²) in [6.45, 7) is 0. The number of nitro benzene ring substituents is 1. The fourth-order valence-electron chi connectivity index (χ4n) is 4.49. The number of para-hydroxylation sites is 3. The van der Waals surface area contributed by atoms with Crippen molar-refractivity contribution in [1.29, 1.82) is 0 Å². The summed E-state index contributed by atoms with van der Waals surface area (Å²) in [7, 11) is -4.37. The van der Waals surface area contributed by atoms with E-state index < -0.39 is 31.2 Å². The second-order valence-corrected chi connectivity index (χ2v) is 11.6. The van der Waals surface area contributed by atoms with E-state index in [4.69, 9.17) is 16.0 Å². The number of rotatable bonds is 9. The highest BCUT2D eigenvalue weighted by atomic mass is 35.5. The van der Waals surface area contributed by atoms with Gasteiger partial charge in [-0.1, -0.05) is 60.1 Å². The molecule has 0 spiro atoms. The number of non-ortho nitro benzene ring substituents is 1. The van der Waals surface area contributed by atoms with Crippen molar-refractivity contribution >= 4 is 55.9 Å². The van der Waals surface area contributed by atoms with Gasteiger partial charge in [-0.15, -0.1) is 0 Å². The van der Waals surface area contributed by atoms with E-state index in [-0.39, 0.29) is 27.7 Å². The third-order valence-electron chi connectivity index (χ3n) is 6.63. The second-order valence-electron chi connectivity index (χ2n) is 9.59. The van der Waals surface area contributed by atoms with Crippen molar-refractivity contribution < 1.29 is 17.8 Å². The van der Waals surface area contributed by atoms with Gasteiger partial charge < -0.3 is 4.42 Å². The zero-order valence-electron chi connectivity index (χ0n) is 23.0. The lowest BCUT2D eigenvalue weighted by Gasteiger charge is -2.12. The topological polar surface area (TPSA) is 162 Å². The first-order chi connectivity index (χ1) is 21.7. The summed E-state index contributed by atoms with van der Waals surface area (Å²) < 4.78 is 36.2. The molecule has 14 heteroatoms. The molecule has 45 heavy (non-hydrogen) atoms. The van der Waals surface area contributed by atoms with Crippen molar-refractivity contribution in [3.8, 4) is 16.9 Å². The Morgan fingerprint density at radius 3 is 2.44 bits per heavy atom. The summed E-state index contributed by atoms with van der Waals surface area (Å²) in [5.74, 6) is 0. The van der Waals surface area contributed by atoms with Crippen LogP contribution in [0.5, 0.6) is 0 Å². The minimum absolute atomic E-state index is 0.0568. The maximum absolute atomic E-state index is 13.4. The molecule has 0 atom stereocenters. The molecule has 0 fully saturated rings. The van der Waals surface area contributed by atoms with Crippen molar-refractivity contribution in [2.75, 3.05) is 10.1 Å². The molecule has 0 saturated heterocycles. The first-order valence-corrected chi connectivity index (χ1v) is 15.1. The number of hydrazone groups is 1. The van der Waals surface area contributed by atoms with Gasteiger partial charge in [0, 0.05) is 29.3 Å². The maximum Gasteiger partial charge on any atom is 0.345 e. The third-order valence-corrected chi connectivity index (χ3v) is 8.37. The van der Waals surface area contributed by atoms with E-state index in [9.17, 15) is 23.3 Å². The molecule has 224 valence electrons. The van der Waals surface area contributed by atoms with E-state index in [2.05, 4.69) is 20.3 Å². The molecule has 0 saturated carbocycles. The number of hydrogen-bond donors (Lipinski definition) is 2. The van der Waals surface area contributed by atoms with Crippen LogP contribution >= 0.6 is 11.6 Å². The van der Waals surface area contributed by atoms with Gasteiger partial charge in [-0.25, -0.2) is 17.9 Å². The normalized spacial score (nSPS) is 11.6. The minimum atomic E-state index is -4.37. The standard InChI is InChI=1S/C31H21ClN6O6S/c32-25-11-5-6-12-26(25)36-45(42,43)29-17-23(38(40)41)14-15-27(29)34-33-18-21-19-37(22-9-2-1-3-10-22)35-30(21)24-16-20-8-4-7-13-28(20)44-31(24)39/h1-19,34,36H. The number of sulfonamides is 1. The van der Waals surface area contributed by atoms with E-state index in [0.29, 0.717) is 22.2 Å². The molecule has 0 bridgehead atoms. The predicted molar refractivity (Wildman–Crippen MR) is 172 cm³/mol. The summed E-state index contributed by atoms with van der Waals surface area (Å²) in [6.07, 6.45) is 3.01. The Morgan fingerprint density at radius 2 is 1.67 bits per heavy atom. The summed E-state index contributed by atoms with van der Waals surface area (Å²) >= 11 is 6.13. The highest BCUT2D eigenvalue weighted by Crippen LogP contribution is 2.31. The van der Waals surface area contributed by atoms with Gasteiger partial charge in [-0.2, -0.15) is 10.2 Å². The lowest BCUT2D eigenvalue weighted by Crippen LogP contribution is -2.15. The van der Waals surface area contributed by atoms with E-state index in [1.54, 1.807) is 47.3 Å². The molecule has 0 radical (unpaired) electrons. The van der Waals surface area contributed by atoms with Crippen LogP contribution < -0.4 is 15.8 Å². The molecule has 6 aromatic rings. The van der Waals surface area contributed by atoms with Gasteiger partial charge in [-0.05, 0) is 42.5 Å². The molecule has 0 unspecified atom stereocenters. The number of fused-ring (bicyclic) bond motifs is 1. The first kappa shape index (κ1) is 29.3. The number of hydrogen-bond acceptors (Lipinski definition) is 9. The number of aromatic nitrogens is 2. The lowest BCUT2D eigenvalue weighted by molar-refractivity contribution is -0.385. The van der Waals surface area contributed by atoms with E-state index in [0.717, 1.165) is 12.1 Å². The third kappa shape index (κ3) is 6.16. The Labute approximate surface area is 260 Å². The Hall–Kier alpha value is -5.79. The summed E-state index contributed by atoms with van der Waals surface area (Å²) in [5, 5.41) is 21.2. The number of anilines is 2. The quantitative estimate of drug-likeness (QED) is 0.0788. The van der Waals surface area contributed by atoms with Gasteiger partial charge in [-0.3, -0.25) is 20.3 Å². The Balaban J connectivity index is 1.40. The van der Waals surface area contributed by atoms with Crippen LogP contribution in [0, 0.1) is 10.1 Å². The van der Waals surface area contributed by atoms with Crippen LogP contribution in [0.4, 0.5) is 17.1 Å². The van der Waals surface area contributed by atoms with Crippen LogP contribution in [-0.4, -0.2) is 29.3 Å². The number of nitro groups is 1. The monoisotopic (exact) mass is 640 g/mol. The Bertz CT molecular complexity index is 2270. The van der Waals surface area contributed by atoms with Gasteiger partial charge >= 0.3 is 5.63 Å². The van der Waals surface area contributed by atoms with Gasteiger partial charge in [0.2, 0.25) is 0 Å². The van der Waals surface area contributed by atoms with Crippen molar-refractivity contribution in [2.45, 2.75) is 4.90 Å². The molecule has 2 N–H and O–H groups in total. The summed E-state index contributed by atoms with van der Waals surface area (Å²) in [6, 6.07) is 27.4. The van der Waals surface area contributed by atoms with Crippen molar-refractivity contribution in [3.05, 3.63) is 140 Å². The van der Waals surface area contributed by atoms with Crippen LogP contribution in [0.1, 0.15) is 5.56 Å². The van der Waals surface area contributed by atoms with Gasteiger partial charge in [0.05, 0.1) is 38.8 Å². The molecule has 0 aliphatic rings. The highest BCUT2D eigenvalue weighted by molar-refractivity contribution is 7.93. The second kappa shape index (κ2) is 12.1. The number of halogens is 1. The van der Waals surface area contributed by atoms with E-state index in [1.165, 1.54) is 24.4 Å². The average molecular weight is 641 g/mol. The average Bonchev–Trinajstić information content (AvgIpc) is 3.46. The fourth-order valence-corrected chi connectivity index (χ4v) is 5.98. The molecule has 2 aromatic heterocycles. The summed E-state index contributed by atoms with van der Waals surface area (Å²) in [4.78, 5) is 23.4. The van der Waals surface area contributed by atoms with Gasteiger partial charge in [0.15, 0.2) is 0 Å². The fraction of sp³-hybridized carbons (Fsp3) is 0. The molecular weight excluding hydrogens is 620 g/mol. The van der Waals surface area contributed by atoms with Crippen molar-refractivity contribution in [2.24, 2.45) is 5.10 Å². The smallest absolute Gasteiger partial charge is 0.345 e. The number of nitrogens with zero attached hydrogens (tertiary/aromatic N) is 4. The first-order valence-electron chi connectivity index (χ1n) is 13.2. The number of nitrogens with one attached hydrogen (secondary N) is 2. The Morgan fingerprint density at radius 1 is 0.933 bits per heavy atom. The zero-order valence-corrected chi connectivity index (χ0v) is 24.6. The molecule has 6 rings (SSSR count). The molecule has 2 heterocycles. The molecular formula is C31H21ClN6O6S. The molecule has 0 aliphatic carbocycles. The molecule has 4 aromatic carbocycles. The Kier molecular flexibility index (Phi) is 7.86. The van der Waals surface area contributed by atoms with Crippen molar-refractivity contribution in [3.63, 3.8) is 0 Å². The van der Waals surface area contributed by atoms with Crippen LogP contribution in [-0.2, 0) is 10.0 Å². The zero-order chi connectivity index (χ0) is 31.6. The van der Waals surface area contributed by atoms with Gasteiger partial charge in [0.25, 0.3) is 15.7 Å². The summed E-state index contributed by atoms with van der Waals surface area (Å²) in [5.41, 5.74) is 3.63. The minimum Gasteiger partial charge on any atom is -0.422 e. The van der Waals surface area contributed by atoms with Crippen LogP contribution in [0.15, 0.2) is 129 Å². The van der Waals surface area contributed by atoms with Crippen LogP contribution in [0.2, 0.25) is 5.02 Å². The van der Waals surface area contributed by atoms with Crippen molar-refractivity contribution in [1.82, 2.24) is 9.78 Å².